The second kappa shape index (κ2) is 3.42. The van der Waals surface area contributed by atoms with Gasteiger partial charge in [0.25, 0.3) is 0 Å². The minimum absolute atomic E-state index is 0.0908. The average molecular weight is 167 g/mol. The maximum absolute atomic E-state index is 10.1. The molecular weight excluding hydrogens is 162 g/mol. The summed E-state index contributed by atoms with van der Waals surface area (Å²) in [4.78, 5) is 27.4. The fraction of sp³-hybridized carbons (Fsp3) is 0. The molecule has 0 fully saturated rings. The lowest BCUT2D eigenvalue weighted by Gasteiger charge is -1.96. The number of hydrogen-bond donors (Lipinski definition) is 2. The minimum atomic E-state index is -1.22. The summed E-state index contributed by atoms with van der Waals surface area (Å²) in [6.07, 6.45) is 1.65. The first-order valence-electron chi connectivity index (χ1n) is 2.99. The molecule has 1 amide bonds. The Morgan fingerprint density at radius 1 is 1.50 bits per heavy atom. The predicted molar refractivity (Wildman–Crippen MR) is 39.1 cm³/mol. The molecule has 0 atom stereocenters. The van der Waals surface area contributed by atoms with Crippen molar-refractivity contribution in [3.8, 4) is 0 Å². The topological polar surface area (TPSA) is 92.2 Å². The number of anilines is 1. The van der Waals surface area contributed by atoms with Crippen molar-refractivity contribution in [2.24, 2.45) is 0 Å². The van der Waals surface area contributed by atoms with Crippen LogP contribution in [0.25, 0.3) is 0 Å². The molecule has 62 valence electrons. The molecule has 0 bridgehead atoms. The van der Waals surface area contributed by atoms with Gasteiger partial charge in [0.1, 0.15) is 5.69 Å². The van der Waals surface area contributed by atoms with Crippen molar-refractivity contribution in [1.82, 2.24) is 9.97 Å². The maximum Gasteiger partial charge on any atom is 0.410 e. The van der Waals surface area contributed by atoms with E-state index < -0.39 is 6.09 Å². The molecule has 12 heavy (non-hydrogen) atoms. The predicted octanol–water partition coefficient (Wildman–Crippen LogP) is 0.379. The standard InChI is InChI=1S/C6H5N3O3/c10-3-4-1-8-5(2-7-4)9-6(11)12/h1-3H,(H,8,9)(H,11,12). The molecule has 6 heteroatoms. The first kappa shape index (κ1) is 8.12. The largest absolute Gasteiger partial charge is 0.465 e. The zero-order valence-corrected chi connectivity index (χ0v) is 5.89. The first-order valence-corrected chi connectivity index (χ1v) is 2.99. The Morgan fingerprint density at radius 2 is 2.25 bits per heavy atom. The van der Waals surface area contributed by atoms with Crippen molar-refractivity contribution in [1.29, 1.82) is 0 Å². The van der Waals surface area contributed by atoms with Crippen molar-refractivity contribution in [2.45, 2.75) is 0 Å². The SMILES string of the molecule is O=Cc1cnc(NC(=O)O)cn1. The Kier molecular flexibility index (Phi) is 2.32. The monoisotopic (exact) mass is 167 g/mol. The molecule has 2 N–H and O–H groups in total. The Bertz CT molecular complexity index is 295. The summed E-state index contributed by atoms with van der Waals surface area (Å²) >= 11 is 0. The second-order valence-electron chi connectivity index (χ2n) is 1.87. The lowest BCUT2D eigenvalue weighted by molar-refractivity contribution is 0.111. The van der Waals surface area contributed by atoms with Crippen molar-refractivity contribution in [3.63, 3.8) is 0 Å². The molecule has 1 heterocycles. The first-order chi connectivity index (χ1) is 5.72. The van der Waals surface area contributed by atoms with E-state index in [1.54, 1.807) is 0 Å². The maximum atomic E-state index is 10.1. The summed E-state index contributed by atoms with van der Waals surface area (Å²) in [6, 6.07) is 0. The molecule has 0 saturated carbocycles. The van der Waals surface area contributed by atoms with Gasteiger partial charge in [0.05, 0.1) is 12.4 Å². The number of nitrogens with zero attached hydrogens (tertiary/aromatic N) is 2. The highest BCUT2D eigenvalue weighted by atomic mass is 16.4. The van der Waals surface area contributed by atoms with Gasteiger partial charge in [0.15, 0.2) is 12.1 Å². The van der Waals surface area contributed by atoms with Gasteiger partial charge in [-0.25, -0.2) is 14.8 Å². The van der Waals surface area contributed by atoms with E-state index >= 15 is 0 Å². The quantitative estimate of drug-likeness (QED) is 0.621. The van der Waals surface area contributed by atoms with E-state index in [0.717, 1.165) is 6.20 Å². The minimum Gasteiger partial charge on any atom is -0.465 e. The number of rotatable bonds is 2. The van der Waals surface area contributed by atoms with Gasteiger partial charge in [-0.15, -0.1) is 0 Å². The molecule has 1 aromatic rings. The highest BCUT2D eigenvalue weighted by Gasteiger charge is 1.98. The second-order valence-corrected chi connectivity index (χ2v) is 1.87. The number of carbonyl (C=O) groups excluding carboxylic acids is 1. The van der Waals surface area contributed by atoms with E-state index in [2.05, 4.69) is 9.97 Å². The van der Waals surface area contributed by atoms with E-state index in [9.17, 15) is 9.59 Å². The summed E-state index contributed by atoms with van der Waals surface area (Å²) in [5, 5.41) is 10.2. The Balaban J connectivity index is 2.77. The summed E-state index contributed by atoms with van der Waals surface area (Å²) in [5.74, 6) is 0.0908. The summed E-state index contributed by atoms with van der Waals surface area (Å²) in [6.45, 7) is 0. The molecule has 0 saturated heterocycles. The van der Waals surface area contributed by atoms with Crippen LogP contribution in [0.1, 0.15) is 10.5 Å². The van der Waals surface area contributed by atoms with E-state index in [4.69, 9.17) is 5.11 Å². The van der Waals surface area contributed by atoms with E-state index in [0.29, 0.717) is 6.29 Å². The molecule has 0 unspecified atom stereocenters. The molecule has 6 nitrogen and oxygen atoms in total. The van der Waals surface area contributed by atoms with Crippen molar-refractivity contribution in [3.05, 3.63) is 18.1 Å². The van der Waals surface area contributed by atoms with Gasteiger partial charge in [0.2, 0.25) is 0 Å². The van der Waals surface area contributed by atoms with Crippen LogP contribution < -0.4 is 5.32 Å². The Labute approximate surface area is 67.3 Å². The third-order valence-corrected chi connectivity index (χ3v) is 1.03. The zero-order valence-electron chi connectivity index (χ0n) is 5.89. The van der Waals surface area contributed by atoms with Crippen LogP contribution in [-0.4, -0.2) is 27.5 Å². The fourth-order valence-electron chi connectivity index (χ4n) is 0.573. The van der Waals surface area contributed by atoms with Crippen LogP contribution in [0.2, 0.25) is 0 Å². The highest BCUT2D eigenvalue weighted by Crippen LogP contribution is 1.98. The van der Waals surface area contributed by atoms with Crippen molar-refractivity contribution in [2.75, 3.05) is 5.32 Å². The van der Waals surface area contributed by atoms with Crippen molar-refractivity contribution >= 4 is 18.2 Å². The van der Waals surface area contributed by atoms with Crippen LogP contribution in [0.5, 0.6) is 0 Å². The van der Waals surface area contributed by atoms with Crippen LogP contribution in [0.15, 0.2) is 12.4 Å². The molecule has 0 aliphatic rings. The molecular formula is C6H5N3O3. The molecule has 0 aliphatic carbocycles. The molecule has 0 spiro atoms. The van der Waals surface area contributed by atoms with Crippen LogP contribution in [0, 0.1) is 0 Å². The van der Waals surface area contributed by atoms with Crippen LogP contribution in [-0.2, 0) is 0 Å². The van der Waals surface area contributed by atoms with Gasteiger partial charge in [0, 0.05) is 0 Å². The molecule has 0 aliphatic heterocycles. The summed E-state index contributed by atoms with van der Waals surface area (Å²) in [5.41, 5.74) is 0.158. The Morgan fingerprint density at radius 3 is 2.67 bits per heavy atom. The van der Waals surface area contributed by atoms with Gasteiger partial charge >= 0.3 is 6.09 Å². The highest BCUT2D eigenvalue weighted by molar-refractivity contribution is 5.81. The number of carboxylic acid groups (broad SMARTS) is 1. The van der Waals surface area contributed by atoms with Gasteiger partial charge in [-0.2, -0.15) is 0 Å². The lowest BCUT2D eigenvalue weighted by Crippen LogP contribution is -2.09. The average Bonchev–Trinajstić information content (AvgIpc) is 2.05. The van der Waals surface area contributed by atoms with Crippen LogP contribution in [0.4, 0.5) is 10.6 Å². The normalized spacial score (nSPS) is 9.00. The zero-order chi connectivity index (χ0) is 8.97. The molecule has 0 radical (unpaired) electrons. The number of aldehydes is 1. The van der Waals surface area contributed by atoms with Crippen LogP contribution >= 0.6 is 0 Å². The van der Waals surface area contributed by atoms with Gasteiger partial charge in [-0.05, 0) is 0 Å². The smallest absolute Gasteiger partial charge is 0.410 e. The van der Waals surface area contributed by atoms with Crippen molar-refractivity contribution < 1.29 is 14.7 Å². The third kappa shape index (κ3) is 2.01. The fourth-order valence-corrected chi connectivity index (χ4v) is 0.573. The van der Waals surface area contributed by atoms with Gasteiger partial charge in [-0.3, -0.25) is 10.1 Å². The molecule has 0 aromatic carbocycles. The number of amides is 1. The number of nitrogens with one attached hydrogen (secondary N) is 1. The number of hydrogen-bond acceptors (Lipinski definition) is 4. The number of aromatic nitrogens is 2. The van der Waals surface area contributed by atoms with Gasteiger partial charge < -0.3 is 5.11 Å². The van der Waals surface area contributed by atoms with E-state index in [-0.39, 0.29) is 11.5 Å². The summed E-state index contributed by atoms with van der Waals surface area (Å²) in [7, 11) is 0. The third-order valence-electron chi connectivity index (χ3n) is 1.03. The van der Waals surface area contributed by atoms with Crippen LogP contribution in [0.3, 0.4) is 0 Å². The molecule has 1 aromatic heterocycles. The van der Waals surface area contributed by atoms with E-state index in [1.807, 2.05) is 5.32 Å². The van der Waals surface area contributed by atoms with E-state index in [1.165, 1.54) is 6.20 Å². The lowest BCUT2D eigenvalue weighted by atomic mass is 10.5. The van der Waals surface area contributed by atoms with Gasteiger partial charge in [-0.1, -0.05) is 0 Å². The Hall–Kier alpha value is -1.98. The summed E-state index contributed by atoms with van der Waals surface area (Å²) < 4.78 is 0. The molecule has 1 rings (SSSR count). The number of carbonyl (C=O) groups is 2.